The van der Waals surface area contributed by atoms with E-state index in [9.17, 15) is 0 Å². The van der Waals surface area contributed by atoms with Crippen LogP contribution in [0.4, 0.5) is 0 Å². The van der Waals surface area contributed by atoms with E-state index in [-0.39, 0.29) is 0 Å². The Balaban J connectivity index is 1.35. The van der Waals surface area contributed by atoms with Gasteiger partial charge in [-0.3, -0.25) is 0 Å². The van der Waals surface area contributed by atoms with Gasteiger partial charge in [-0.1, -0.05) is 50.6 Å². The van der Waals surface area contributed by atoms with E-state index in [1.807, 2.05) is 7.05 Å². The summed E-state index contributed by atoms with van der Waals surface area (Å²) in [4.78, 5) is 8.20. The molecule has 1 aliphatic heterocycles. The Hall–Kier alpha value is -2.16. The summed E-state index contributed by atoms with van der Waals surface area (Å²) in [6.45, 7) is 21.7. The zero-order valence-electron chi connectivity index (χ0n) is 16.9. The highest BCUT2D eigenvalue weighted by Crippen LogP contribution is 2.46. The lowest BCUT2D eigenvalue weighted by molar-refractivity contribution is -0.0809. The largest absolute Gasteiger partial charge is 0.385 e. The van der Waals surface area contributed by atoms with E-state index in [0.29, 0.717) is 11.8 Å². The fraction of sp³-hybridized carbons (Fsp3) is 0.500. The van der Waals surface area contributed by atoms with Crippen molar-refractivity contribution in [2.75, 3.05) is 13.6 Å². The standard InChI is InChI=1S/C24H34N2O/c1-17(16-26-19(3)10-11-20(26)4)8-7-9-18(2)25(6)27-21(5)24-15-22-12-13-23(24)14-22/h12-13,22-24H,1-5,7-11,14-16H2,6H3. The average molecular weight is 367 g/mol. The first-order chi connectivity index (χ1) is 12.8. The number of likely N-dealkylation sites (tertiary alicyclic amines) is 1. The van der Waals surface area contributed by atoms with Crippen LogP contribution in [0.1, 0.15) is 44.9 Å². The molecular formula is C24H34N2O. The van der Waals surface area contributed by atoms with Gasteiger partial charge in [-0.2, -0.15) is 0 Å². The van der Waals surface area contributed by atoms with Gasteiger partial charge >= 0.3 is 0 Å². The normalized spacial score (nSPS) is 26.0. The van der Waals surface area contributed by atoms with Crippen LogP contribution in [-0.2, 0) is 4.84 Å². The molecule has 0 aromatic rings. The quantitative estimate of drug-likeness (QED) is 0.270. The van der Waals surface area contributed by atoms with Gasteiger partial charge in [0.2, 0.25) is 0 Å². The number of allylic oxidation sites excluding steroid dienone is 6. The minimum Gasteiger partial charge on any atom is -0.385 e. The molecule has 0 radical (unpaired) electrons. The van der Waals surface area contributed by atoms with E-state index in [1.165, 1.54) is 18.4 Å². The molecule has 1 saturated carbocycles. The zero-order valence-corrected chi connectivity index (χ0v) is 16.9. The van der Waals surface area contributed by atoms with Crippen molar-refractivity contribution in [1.29, 1.82) is 0 Å². The molecule has 2 aliphatic carbocycles. The molecule has 0 aromatic heterocycles. The fourth-order valence-corrected chi connectivity index (χ4v) is 4.47. The molecule has 0 spiro atoms. The van der Waals surface area contributed by atoms with Gasteiger partial charge < -0.3 is 9.74 Å². The molecule has 146 valence electrons. The van der Waals surface area contributed by atoms with Crippen LogP contribution in [0.25, 0.3) is 0 Å². The number of hydroxylamine groups is 2. The highest BCUT2D eigenvalue weighted by molar-refractivity contribution is 5.19. The van der Waals surface area contributed by atoms with Gasteiger partial charge in [-0.25, -0.2) is 5.06 Å². The summed E-state index contributed by atoms with van der Waals surface area (Å²) in [5.41, 5.74) is 4.52. The molecule has 2 bridgehead atoms. The number of hydrogen-bond donors (Lipinski definition) is 0. The molecule has 0 N–H and O–H groups in total. The van der Waals surface area contributed by atoms with Crippen molar-refractivity contribution in [3.63, 3.8) is 0 Å². The molecule has 3 atom stereocenters. The van der Waals surface area contributed by atoms with Crippen LogP contribution in [0.3, 0.4) is 0 Å². The monoisotopic (exact) mass is 366 g/mol. The molecule has 3 rings (SSSR count). The van der Waals surface area contributed by atoms with Crippen molar-refractivity contribution in [2.45, 2.75) is 44.9 Å². The molecule has 1 saturated heterocycles. The maximum atomic E-state index is 5.99. The van der Waals surface area contributed by atoms with Gasteiger partial charge in [0.1, 0.15) is 5.76 Å². The SMILES string of the molecule is C=C(CCCC(=C)N(C)OC(=C)C1CC2C=CC1C2)CN1C(=C)CCC1=C. The Bertz CT molecular complexity index is 670. The summed E-state index contributed by atoms with van der Waals surface area (Å²) in [7, 11) is 1.93. The predicted octanol–water partition coefficient (Wildman–Crippen LogP) is 5.94. The Kier molecular flexibility index (Phi) is 5.98. The van der Waals surface area contributed by atoms with Gasteiger partial charge in [0.15, 0.2) is 0 Å². The van der Waals surface area contributed by atoms with Crippen LogP contribution in [0, 0.1) is 17.8 Å². The van der Waals surface area contributed by atoms with Gasteiger partial charge in [0.25, 0.3) is 0 Å². The Morgan fingerprint density at radius 3 is 2.41 bits per heavy atom. The first kappa shape index (κ1) is 19.6. The maximum Gasteiger partial charge on any atom is 0.128 e. The van der Waals surface area contributed by atoms with E-state index in [2.05, 4.69) is 49.9 Å². The molecule has 3 heteroatoms. The molecule has 3 unspecified atom stereocenters. The van der Waals surface area contributed by atoms with Crippen molar-refractivity contribution < 1.29 is 4.84 Å². The van der Waals surface area contributed by atoms with Crippen LogP contribution >= 0.6 is 0 Å². The highest BCUT2D eigenvalue weighted by atomic mass is 16.7. The van der Waals surface area contributed by atoms with Crippen molar-refractivity contribution in [3.05, 3.63) is 73.5 Å². The Labute approximate surface area is 165 Å². The average Bonchev–Trinajstić information content (AvgIpc) is 3.33. The third-order valence-corrected chi connectivity index (χ3v) is 6.23. The fourth-order valence-electron chi connectivity index (χ4n) is 4.47. The van der Waals surface area contributed by atoms with Crippen LogP contribution in [0.5, 0.6) is 0 Å². The number of fused-ring (bicyclic) bond motifs is 2. The van der Waals surface area contributed by atoms with Gasteiger partial charge in [0.05, 0.1) is 0 Å². The van der Waals surface area contributed by atoms with Crippen LogP contribution < -0.4 is 0 Å². The summed E-state index contributed by atoms with van der Waals surface area (Å²) in [6.07, 6.45) is 12.0. The second-order valence-corrected chi connectivity index (χ2v) is 8.33. The van der Waals surface area contributed by atoms with E-state index in [0.717, 1.165) is 67.4 Å². The molecule has 3 aliphatic rings. The van der Waals surface area contributed by atoms with Crippen molar-refractivity contribution in [3.8, 4) is 0 Å². The first-order valence-electron chi connectivity index (χ1n) is 10.1. The zero-order chi connectivity index (χ0) is 19.6. The van der Waals surface area contributed by atoms with E-state index in [1.54, 1.807) is 5.06 Å². The lowest BCUT2D eigenvalue weighted by Crippen LogP contribution is -2.22. The lowest BCUT2D eigenvalue weighted by atomic mass is 9.92. The minimum atomic E-state index is 0.455. The molecule has 0 aromatic carbocycles. The Morgan fingerprint density at radius 2 is 1.81 bits per heavy atom. The lowest BCUT2D eigenvalue weighted by Gasteiger charge is -2.28. The van der Waals surface area contributed by atoms with Crippen molar-refractivity contribution >= 4 is 0 Å². The van der Waals surface area contributed by atoms with Crippen LogP contribution in [0.2, 0.25) is 0 Å². The smallest absolute Gasteiger partial charge is 0.128 e. The van der Waals surface area contributed by atoms with Gasteiger partial charge in [-0.15, -0.1) is 0 Å². The number of rotatable bonds is 10. The minimum absolute atomic E-state index is 0.455. The molecule has 0 amide bonds. The van der Waals surface area contributed by atoms with Crippen LogP contribution in [0.15, 0.2) is 73.5 Å². The molecule has 3 nitrogen and oxygen atoms in total. The van der Waals surface area contributed by atoms with Gasteiger partial charge in [-0.05, 0) is 56.8 Å². The Morgan fingerprint density at radius 1 is 1.11 bits per heavy atom. The van der Waals surface area contributed by atoms with Crippen molar-refractivity contribution in [2.24, 2.45) is 17.8 Å². The predicted molar refractivity (Wildman–Crippen MR) is 113 cm³/mol. The summed E-state index contributed by atoms with van der Waals surface area (Å²) >= 11 is 0. The van der Waals surface area contributed by atoms with E-state index in [4.69, 9.17) is 4.84 Å². The highest BCUT2D eigenvalue weighted by Gasteiger charge is 2.38. The molecule has 1 heterocycles. The molecule has 27 heavy (non-hydrogen) atoms. The number of hydrogen-bond acceptors (Lipinski definition) is 3. The van der Waals surface area contributed by atoms with Gasteiger partial charge in [0, 0.05) is 36.6 Å². The third kappa shape index (κ3) is 4.58. The summed E-state index contributed by atoms with van der Waals surface area (Å²) in [6, 6.07) is 0. The topological polar surface area (TPSA) is 15.7 Å². The van der Waals surface area contributed by atoms with E-state index < -0.39 is 0 Å². The second kappa shape index (κ2) is 8.24. The molecule has 2 fully saturated rings. The first-order valence-corrected chi connectivity index (χ1v) is 10.1. The third-order valence-electron chi connectivity index (χ3n) is 6.23. The summed E-state index contributed by atoms with van der Waals surface area (Å²) in [5.74, 6) is 2.67. The second-order valence-electron chi connectivity index (χ2n) is 8.33. The number of nitrogens with zero attached hydrogens (tertiary/aromatic N) is 2. The molecular weight excluding hydrogens is 332 g/mol. The van der Waals surface area contributed by atoms with Crippen molar-refractivity contribution in [1.82, 2.24) is 9.96 Å². The maximum absolute atomic E-state index is 5.99. The summed E-state index contributed by atoms with van der Waals surface area (Å²) < 4.78 is 0. The van der Waals surface area contributed by atoms with E-state index >= 15 is 0 Å². The van der Waals surface area contributed by atoms with Crippen LogP contribution in [-0.4, -0.2) is 23.6 Å². The summed E-state index contributed by atoms with van der Waals surface area (Å²) in [5, 5.41) is 1.80.